The summed E-state index contributed by atoms with van der Waals surface area (Å²) in [6, 6.07) is 0.566. The summed E-state index contributed by atoms with van der Waals surface area (Å²) in [7, 11) is 2.06. The molecule has 4 heteroatoms. The summed E-state index contributed by atoms with van der Waals surface area (Å²) in [5.74, 6) is 1.15. The second-order valence-electron chi connectivity index (χ2n) is 6.06. The van der Waals surface area contributed by atoms with Gasteiger partial charge in [-0.15, -0.1) is 0 Å². The molecule has 1 aromatic heterocycles. The van der Waals surface area contributed by atoms with E-state index in [1.54, 1.807) is 0 Å². The van der Waals surface area contributed by atoms with Crippen LogP contribution in [0.25, 0.3) is 0 Å². The minimum Gasteiger partial charge on any atom is -0.337 e. The van der Waals surface area contributed by atoms with E-state index in [-0.39, 0.29) is 0 Å². The molecule has 0 bridgehead atoms. The van der Waals surface area contributed by atoms with Gasteiger partial charge in [0.1, 0.15) is 5.82 Å². The fraction of sp³-hybridized carbons (Fsp3) is 0.769. The number of aromatic nitrogens is 2. The number of imidazole rings is 1. The summed E-state index contributed by atoms with van der Waals surface area (Å²) in [4.78, 5) is 6.89. The van der Waals surface area contributed by atoms with Crippen LogP contribution in [-0.2, 0) is 13.6 Å². The maximum atomic E-state index is 4.40. The number of nitrogens with zero attached hydrogens (tertiary/aromatic N) is 3. The molecule has 1 unspecified atom stereocenters. The van der Waals surface area contributed by atoms with Crippen LogP contribution in [0.2, 0.25) is 0 Å². The smallest absolute Gasteiger partial charge is 0.122 e. The molecular formula is C13H24N4. The van der Waals surface area contributed by atoms with Gasteiger partial charge in [-0.25, -0.2) is 4.98 Å². The Kier molecular flexibility index (Phi) is 3.54. The topological polar surface area (TPSA) is 33.1 Å². The Bertz CT molecular complexity index is 364. The van der Waals surface area contributed by atoms with E-state index in [1.807, 2.05) is 12.4 Å². The molecule has 0 aromatic carbocycles. The molecule has 1 saturated heterocycles. The van der Waals surface area contributed by atoms with Crippen LogP contribution in [-0.4, -0.2) is 40.1 Å². The minimum atomic E-state index is 0.320. The van der Waals surface area contributed by atoms with Gasteiger partial charge in [0.25, 0.3) is 0 Å². The zero-order chi connectivity index (χ0) is 12.5. The molecule has 2 heterocycles. The summed E-state index contributed by atoms with van der Waals surface area (Å²) >= 11 is 0. The standard InChI is InChI=1S/C13H24N4/c1-13(2,3)11-9-17(8-6-14-11)10-12-15-5-7-16(12)4/h5,7,11,14H,6,8-10H2,1-4H3. The van der Waals surface area contributed by atoms with Gasteiger partial charge in [-0.1, -0.05) is 20.8 Å². The van der Waals surface area contributed by atoms with Crippen molar-refractivity contribution in [1.29, 1.82) is 0 Å². The fourth-order valence-corrected chi connectivity index (χ4v) is 2.28. The highest BCUT2D eigenvalue weighted by atomic mass is 15.2. The van der Waals surface area contributed by atoms with Crippen LogP contribution in [0.15, 0.2) is 12.4 Å². The predicted octanol–water partition coefficient (Wildman–Crippen LogP) is 1.24. The molecule has 0 amide bonds. The first-order chi connectivity index (χ1) is 7.97. The molecule has 2 rings (SSSR count). The highest BCUT2D eigenvalue weighted by Crippen LogP contribution is 2.22. The van der Waals surface area contributed by atoms with Crippen LogP contribution in [0.3, 0.4) is 0 Å². The van der Waals surface area contributed by atoms with Gasteiger partial charge < -0.3 is 9.88 Å². The van der Waals surface area contributed by atoms with Gasteiger partial charge in [0, 0.05) is 45.1 Å². The van der Waals surface area contributed by atoms with E-state index in [0.29, 0.717) is 11.5 Å². The molecular weight excluding hydrogens is 212 g/mol. The molecule has 1 N–H and O–H groups in total. The molecule has 0 spiro atoms. The van der Waals surface area contributed by atoms with Gasteiger partial charge in [-0.3, -0.25) is 4.90 Å². The van der Waals surface area contributed by atoms with E-state index in [4.69, 9.17) is 0 Å². The fourth-order valence-electron chi connectivity index (χ4n) is 2.28. The van der Waals surface area contributed by atoms with Crippen molar-refractivity contribution >= 4 is 0 Å². The Hall–Kier alpha value is -0.870. The van der Waals surface area contributed by atoms with Gasteiger partial charge in [0.15, 0.2) is 0 Å². The average molecular weight is 236 g/mol. The van der Waals surface area contributed by atoms with E-state index in [0.717, 1.165) is 32.0 Å². The lowest BCUT2D eigenvalue weighted by molar-refractivity contribution is 0.126. The van der Waals surface area contributed by atoms with Crippen LogP contribution >= 0.6 is 0 Å². The maximum absolute atomic E-state index is 4.40. The number of rotatable bonds is 2. The van der Waals surface area contributed by atoms with Crippen molar-refractivity contribution in [3.8, 4) is 0 Å². The number of hydrogen-bond donors (Lipinski definition) is 1. The second-order valence-corrected chi connectivity index (χ2v) is 6.06. The second kappa shape index (κ2) is 4.78. The van der Waals surface area contributed by atoms with E-state index in [2.05, 4.69) is 47.6 Å². The van der Waals surface area contributed by atoms with Crippen molar-refractivity contribution < 1.29 is 0 Å². The van der Waals surface area contributed by atoms with Gasteiger partial charge in [0.05, 0.1) is 6.54 Å². The molecule has 1 aliphatic heterocycles. The SMILES string of the molecule is Cn1ccnc1CN1CCNC(C(C)(C)C)C1. The quantitative estimate of drug-likeness (QED) is 0.838. The lowest BCUT2D eigenvalue weighted by atomic mass is 9.85. The maximum Gasteiger partial charge on any atom is 0.122 e. The third-order valence-electron chi connectivity index (χ3n) is 3.59. The van der Waals surface area contributed by atoms with Crippen LogP contribution in [0.5, 0.6) is 0 Å². The van der Waals surface area contributed by atoms with E-state index >= 15 is 0 Å². The first kappa shape index (κ1) is 12.6. The Morgan fingerprint density at radius 2 is 2.24 bits per heavy atom. The van der Waals surface area contributed by atoms with Crippen molar-refractivity contribution in [2.45, 2.75) is 33.4 Å². The molecule has 1 fully saturated rings. The van der Waals surface area contributed by atoms with Crippen LogP contribution in [0.4, 0.5) is 0 Å². The van der Waals surface area contributed by atoms with Crippen LogP contribution in [0, 0.1) is 5.41 Å². The van der Waals surface area contributed by atoms with Crippen LogP contribution < -0.4 is 5.32 Å². The van der Waals surface area contributed by atoms with Gasteiger partial charge in [-0.05, 0) is 5.41 Å². The van der Waals surface area contributed by atoms with Gasteiger partial charge in [-0.2, -0.15) is 0 Å². The zero-order valence-electron chi connectivity index (χ0n) is 11.4. The number of aryl methyl sites for hydroxylation is 1. The zero-order valence-corrected chi connectivity index (χ0v) is 11.4. The molecule has 17 heavy (non-hydrogen) atoms. The Morgan fingerprint density at radius 3 is 2.82 bits per heavy atom. The molecule has 96 valence electrons. The predicted molar refractivity (Wildman–Crippen MR) is 69.7 cm³/mol. The monoisotopic (exact) mass is 236 g/mol. The highest BCUT2D eigenvalue weighted by molar-refractivity contribution is 4.94. The Morgan fingerprint density at radius 1 is 1.47 bits per heavy atom. The minimum absolute atomic E-state index is 0.320. The van der Waals surface area contributed by atoms with Crippen molar-refractivity contribution in [2.75, 3.05) is 19.6 Å². The molecule has 0 aliphatic carbocycles. The summed E-state index contributed by atoms with van der Waals surface area (Å²) in [5, 5.41) is 3.61. The lowest BCUT2D eigenvalue weighted by Crippen LogP contribution is -2.55. The van der Waals surface area contributed by atoms with Crippen molar-refractivity contribution in [1.82, 2.24) is 19.8 Å². The normalized spacial score (nSPS) is 22.9. The van der Waals surface area contributed by atoms with Gasteiger partial charge in [0.2, 0.25) is 0 Å². The average Bonchev–Trinajstić information content (AvgIpc) is 2.64. The molecule has 0 saturated carbocycles. The first-order valence-electron chi connectivity index (χ1n) is 6.39. The molecule has 1 aromatic rings. The van der Waals surface area contributed by atoms with Crippen molar-refractivity contribution in [3.63, 3.8) is 0 Å². The number of piperazine rings is 1. The Balaban J connectivity index is 1.96. The summed E-state index contributed by atoms with van der Waals surface area (Å²) in [5.41, 5.74) is 0.320. The third-order valence-corrected chi connectivity index (χ3v) is 3.59. The highest BCUT2D eigenvalue weighted by Gasteiger charge is 2.29. The van der Waals surface area contributed by atoms with Crippen LogP contribution in [0.1, 0.15) is 26.6 Å². The van der Waals surface area contributed by atoms with E-state index < -0.39 is 0 Å². The van der Waals surface area contributed by atoms with E-state index in [9.17, 15) is 0 Å². The lowest BCUT2D eigenvalue weighted by Gasteiger charge is -2.40. The summed E-state index contributed by atoms with van der Waals surface area (Å²) < 4.78 is 2.11. The van der Waals surface area contributed by atoms with E-state index in [1.165, 1.54) is 0 Å². The largest absolute Gasteiger partial charge is 0.337 e. The molecule has 4 nitrogen and oxygen atoms in total. The van der Waals surface area contributed by atoms with Crippen molar-refractivity contribution in [2.24, 2.45) is 12.5 Å². The first-order valence-corrected chi connectivity index (χ1v) is 6.39. The third kappa shape index (κ3) is 3.07. The van der Waals surface area contributed by atoms with Gasteiger partial charge >= 0.3 is 0 Å². The molecule has 1 aliphatic rings. The Labute approximate surface area is 104 Å². The summed E-state index contributed by atoms with van der Waals surface area (Å²) in [6.45, 7) is 11.2. The number of nitrogens with one attached hydrogen (secondary N) is 1. The number of hydrogen-bond acceptors (Lipinski definition) is 3. The van der Waals surface area contributed by atoms with Crippen molar-refractivity contribution in [3.05, 3.63) is 18.2 Å². The summed E-state index contributed by atoms with van der Waals surface area (Å²) in [6.07, 6.45) is 3.89. The molecule has 1 atom stereocenters. The molecule has 0 radical (unpaired) electrons.